The molecule has 0 unspecified atom stereocenters. The maximum atomic E-state index is 14.4. The van der Waals surface area contributed by atoms with E-state index in [0.717, 1.165) is 16.7 Å². The summed E-state index contributed by atoms with van der Waals surface area (Å²) < 4.78 is 0. The van der Waals surface area contributed by atoms with E-state index in [1.54, 1.807) is 12.1 Å². The Kier molecular flexibility index (Phi) is 6.58. The number of carbonyl (C=O) groups is 3. The van der Waals surface area contributed by atoms with Crippen molar-refractivity contribution in [2.24, 2.45) is 22.6 Å². The molecule has 11 heteroatoms. The minimum absolute atomic E-state index is 0.00641. The predicted octanol–water partition coefficient (Wildman–Crippen LogP) is 0.999. The molecule has 1 saturated carbocycles. The second-order valence-electron chi connectivity index (χ2n) is 11.9. The summed E-state index contributed by atoms with van der Waals surface area (Å²) in [5.41, 5.74) is 14.9. The Labute approximate surface area is 242 Å². The van der Waals surface area contributed by atoms with E-state index < -0.39 is 69.1 Å². The third-order valence-corrected chi connectivity index (χ3v) is 9.03. The summed E-state index contributed by atoms with van der Waals surface area (Å²) in [7, 11) is 2.96. The number of rotatable bonds is 5. The molecule has 1 amide bonds. The maximum Gasteiger partial charge on any atom is 0.255 e. The van der Waals surface area contributed by atoms with Crippen molar-refractivity contribution in [3.8, 4) is 11.8 Å². The third-order valence-electron chi connectivity index (χ3n) is 9.03. The van der Waals surface area contributed by atoms with Crippen molar-refractivity contribution >= 4 is 23.2 Å². The predicted molar refractivity (Wildman–Crippen MR) is 153 cm³/mol. The number of aromatic hydroxyl groups is 1. The summed E-state index contributed by atoms with van der Waals surface area (Å²) in [6.07, 6.45) is 0.705. The number of hydrogen-bond donors (Lipinski definition) is 6. The number of phenolic OH excluding ortho intramolecular Hbond substituents is 1. The highest BCUT2D eigenvalue weighted by Crippen LogP contribution is 2.58. The Bertz CT molecular complexity index is 1670. The van der Waals surface area contributed by atoms with Crippen LogP contribution in [0.5, 0.6) is 5.75 Å². The second kappa shape index (κ2) is 9.52. The van der Waals surface area contributed by atoms with E-state index in [2.05, 4.69) is 0 Å². The zero-order valence-corrected chi connectivity index (χ0v) is 23.6. The molecule has 11 nitrogen and oxygen atoms in total. The average molecular weight is 572 g/mol. The normalized spacial score (nSPS) is 28.7. The number of fused-ring (bicyclic) bond motifs is 3. The van der Waals surface area contributed by atoms with Gasteiger partial charge in [-0.25, -0.2) is 0 Å². The molecule has 0 saturated heterocycles. The second-order valence-corrected chi connectivity index (χ2v) is 11.9. The quantitative estimate of drug-likeness (QED) is 0.280. The van der Waals surface area contributed by atoms with Gasteiger partial charge in [-0.2, -0.15) is 5.26 Å². The molecule has 2 aromatic carbocycles. The van der Waals surface area contributed by atoms with E-state index in [-0.39, 0.29) is 17.7 Å². The molecular formula is C31H33N5O6. The number of amides is 1. The van der Waals surface area contributed by atoms with Crippen molar-refractivity contribution in [1.82, 2.24) is 4.90 Å². The molecule has 218 valence electrons. The Balaban J connectivity index is 1.73. The summed E-state index contributed by atoms with van der Waals surface area (Å²) >= 11 is 0. The lowest BCUT2D eigenvalue weighted by Crippen LogP contribution is -2.80. The van der Waals surface area contributed by atoms with Gasteiger partial charge in [-0.1, -0.05) is 35.9 Å². The first kappa shape index (κ1) is 29.0. The van der Waals surface area contributed by atoms with E-state index in [0.29, 0.717) is 18.4 Å². The fraction of sp³-hybridized carbons (Fsp3) is 0.355. The first-order chi connectivity index (χ1) is 19.6. The van der Waals surface area contributed by atoms with Crippen molar-refractivity contribution in [2.45, 2.75) is 49.7 Å². The van der Waals surface area contributed by atoms with Crippen molar-refractivity contribution in [3.63, 3.8) is 0 Å². The molecule has 4 atom stereocenters. The molecule has 0 heterocycles. The largest absolute Gasteiger partial charge is 0.509 e. The molecule has 0 aliphatic heterocycles. The summed E-state index contributed by atoms with van der Waals surface area (Å²) in [4.78, 5) is 41.6. The highest BCUT2D eigenvalue weighted by molar-refractivity contribution is 6.25. The van der Waals surface area contributed by atoms with Gasteiger partial charge in [0, 0.05) is 0 Å². The van der Waals surface area contributed by atoms with Crippen molar-refractivity contribution in [1.29, 1.82) is 5.26 Å². The van der Waals surface area contributed by atoms with Crippen LogP contribution in [0.1, 0.15) is 34.2 Å². The lowest BCUT2D eigenvalue weighted by Gasteiger charge is -2.58. The van der Waals surface area contributed by atoms with E-state index in [9.17, 15) is 35.0 Å². The highest BCUT2D eigenvalue weighted by Gasteiger charge is 2.74. The smallest absolute Gasteiger partial charge is 0.255 e. The van der Waals surface area contributed by atoms with Crippen molar-refractivity contribution in [3.05, 3.63) is 81.1 Å². The number of primary amides is 1. The van der Waals surface area contributed by atoms with Crippen LogP contribution < -0.4 is 17.2 Å². The van der Waals surface area contributed by atoms with Crippen LogP contribution >= 0.6 is 0 Å². The fourth-order valence-corrected chi connectivity index (χ4v) is 7.16. The average Bonchev–Trinajstić information content (AvgIpc) is 2.88. The van der Waals surface area contributed by atoms with Crippen LogP contribution in [0.25, 0.3) is 5.76 Å². The van der Waals surface area contributed by atoms with E-state index >= 15 is 0 Å². The van der Waals surface area contributed by atoms with Crippen molar-refractivity contribution < 1.29 is 29.7 Å². The number of nitriles is 1. The van der Waals surface area contributed by atoms with Crippen LogP contribution in [0.4, 0.5) is 0 Å². The Hall–Kier alpha value is -4.50. The van der Waals surface area contributed by atoms with E-state index in [4.69, 9.17) is 17.2 Å². The minimum Gasteiger partial charge on any atom is -0.509 e. The molecule has 9 N–H and O–H groups in total. The first-order valence-electron chi connectivity index (χ1n) is 13.5. The molecule has 1 fully saturated rings. The Morgan fingerprint density at radius 1 is 1.07 bits per heavy atom. The number of carbonyl (C=O) groups excluding carboxylic acids is 3. The Morgan fingerprint density at radius 2 is 1.71 bits per heavy atom. The number of likely N-dealkylation sites (N-methyl/N-ethyl adjacent to an activating group) is 1. The highest BCUT2D eigenvalue weighted by atomic mass is 16.3. The topological polar surface area (TPSA) is 217 Å². The molecule has 3 aliphatic rings. The van der Waals surface area contributed by atoms with Gasteiger partial charge in [0.2, 0.25) is 0 Å². The molecule has 0 spiro atoms. The number of hydrogen-bond acceptors (Lipinski definition) is 10. The van der Waals surface area contributed by atoms with Crippen LogP contribution in [0.2, 0.25) is 0 Å². The molecule has 5 rings (SSSR count). The standard InChI is InChI=1S/C31H33N5O6/c1-15-4-6-16(7-5-15)8-9-17-10-11-19(37)20-18(17)12-29(34)13-31(35)25(36(2)3)24(39)21(28(33)42)26(40)30(31,14-32)27(41)22(29)23(20)38/h4-7,10-11,25,37-38,40H,8-9,12-13,34-35H2,1-3H3,(H2,33,42)/t25-,29-,30+,31-/m1/s1. The van der Waals surface area contributed by atoms with Gasteiger partial charge < -0.3 is 32.5 Å². The van der Waals surface area contributed by atoms with Gasteiger partial charge in [-0.05, 0) is 69.5 Å². The summed E-state index contributed by atoms with van der Waals surface area (Å²) in [6.45, 7) is 2.00. The monoisotopic (exact) mass is 571 g/mol. The number of Topliss-reactive ketones (excluding diaryl/α,β-unsaturated/α-hetero) is 2. The van der Waals surface area contributed by atoms with Crippen LogP contribution in [0.3, 0.4) is 0 Å². The summed E-state index contributed by atoms with van der Waals surface area (Å²) in [5, 5.41) is 44.2. The van der Waals surface area contributed by atoms with Crippen LogP contribution in [-0.4, -0.2) is 68.9 Å². The lowest BCUT2D eigenvalue weighted by molar-refractivity contribution is -0.139. The van der Waals surface area contributed by atoms with Crippen LogP contribution in [0.15, 0.2) is 53.3 Å². The maximum absolute atomic E-state index is 14.4. The first-order valence-corrected chi connectivity index (χ1v) is 13.5. The van der Waals surface area contributed by atoms with E-state index in [1.165, 1.54) is 25.1 Å². The van der Waals surface area contributed by atoms with Crippen LogP contribution in [-0.2, 0) is 33.6 Å². The van der Waals surface area contributed by atoms with Crippen molar-refractivity contribution in [2.75, 3.05) is 14.1 Å². The SMILES string of the molecule is Cc1ccc(CCc2ccc(O)c3c2C[C@@]2(N)C[C@@]4(N)[C@H](N(C)C)C(=O)C(C(N)=O)=C(O)[C@@]4(C#N)C(=O)C2=C3O)cc1. The number of nitrogens with zero attached hydrogens (tertiary/aromatic N) is 2. The fourth-order valence-electron chi connectivity index (χ4n) is 7.16. The molecule has 2 aromatic rings. The van der Waals surface area contributed by atoms with Crippen LogP contribution in [0, 0.1) is 23.7 Å². The molecule has 3 aliphatic carbocycles. The molecular weight excluding hydrogens is 538 g/mol. The number of aryl methyl sites for hydroxylation is 3. The zero-order chi connectivity index (χ0) is 30.9. The number of aliphatic hydroxyl groups is 2. The van der Waals surface area contributed by atoms with Gasteiger partial charge in [0.05, 0.1) is 34.3 Å². The summed E-state index contributed by atoms with van der Waals surface area (Å²) in [5.74, 6) is -5.56. The molecule has 0 bridgehead atoms. The third kappa shape index (κ3) is 3.73. The molecule has 0 aromatic heterocycles. The number of aliphatic hydroxyl groups excluding tert-OH is 2. The van der Waals surface area contributed by atoms with Gasteiger partial charge in [-0.15, -0.1) is 0 Å². The van der Waals surface area contributed by atoms with Gasteiger partial charge in [0.15, 0.2) is 17.0 Å². The molecule has 0 radical (unpaired) electrons. The van der Waals surface area contributed by atoms with Gasteiger partial charge >= 0.3 is 0 Å². The molecule has 42 heavy (non-hydrogen) atoms. The number of ketones is 2. The Morgan fingerprint density at radius 3 is 2.29 bits per heavy atom. The summed E-state index contributed by atoms with van der Waals surface area (Å²) in [6, 6.07) is 11.5. The zero-order valence-electron chi connectivity index (χ0n) is 23.6. The number of phenols is 1. The lowest BCUT2D eigenvalue weighted by atomic mass is 9.47. The van der Waals surface area contributed by atoms with Gasteiger partial charge in [0.1, 0.15) is 22.8 Å². The number of benzene rings is 2. The number of nitrogens with two attached hydrogens (primary N) is 3. The van der Waals surface area contributed by atoms with Gasteiger partial charge in [-0.3, -0.25) is 19.3 Å². The van der Waals surface area contributed by atoms with Gasteiger partial charge in [0.25, 0.3) is 5.91 Å². The minimum atomic E-state index is -2.68. The van der Waals surface area contributed by atoms with E-state index in [1.807, 2.05) is 31.2 Å².